The monoisotopic (exact) mass is 430 g/mol. The van der Waals surface area contributed by atoms with Crippen molar-refractivity contribution in [2.45, 2.75) is 32.5 Å². The molecule has 0 amide bonds. The molecule has 0 saturated heterocycles. The fourth-order valence-electron chi connectivity index (χ4n) is 3.34. The van der Waals surface area contributed by atoms with E-state index in [4.69, 9.17) is 5.73 Å². The molecule has 0 spiro atoms. The van der Waals surface area contributed by atoms with Gasteiger partial charge in [0, 0.05) is 49.6 Å². The van der Waals surface area contributed by atoms with E-state index in [9.17, 15) is 13.2 Å². The molecule has 2 aromatic heterocycles. The fourth-order valence-corrected chi connectivity index (χ4v) is 3.34. The van der Waals surface area contributed by atoms with E-state index in [1.807, 2.05) is 31.0 Å². The molecule has 6 nitrogen and oxygen atoms in total. The standard InChI is InChI=1S/C22H25F3N6/c1-3-18-19(10-12-31(2)21-15(13-26)5-4-11-27-21)28-14-29-20(18)30-17-8-6-16(7-9-17)22(23,24)25/h4-9,11,14H,3,10,12-13,26H2,1-2H3,(H,28,29,30). The van der Waals surface area contributed by atoms with Crippen molar-refractivity contribution in [2.24, 2.45) is 5.73 Å². The Balaban J connectivity index is 1.75. The molecule has 0 unspecified atom stereocenters. The summed E-state index contributed by atoms with van der Waals surface area (Å²) in [7, 11) is 1.95. The highest BCUT2D eigenvalue weighted by molar-refractivity contribution is 5.60. The summed E-state index contributed by atoms with van der Waals surface area (Å²) in [5.41, 5.74) is 8.43. The van der Waals surface area contributed by atoms with Gasteiger partial charge in [-0.15, -0.1) is 0 Å². The van der Waals surface area contributed by atoms with Gasteiger partial charge in [-0.2, -0.15) is 13.2 Å². The average Bonchev–Trinajstić information content (AvgIpc) is 2.77. The third-order valence-electron chi connectivity index (χ3n) is 5.00. The maximum Gasteiger partial charge on any atom is 0.416 e. The van der Waals surface area contributed by atoms with Crippen LogP contribution in [0.1, 0.15) is 29.3 Å². The summed E-state index contributed by atoms with van der Waals surface area (Å²) in [6.45, 7) is 3.07. The molecule has 3 N–H and O–H groups in total. The highest BCUT2D eigenvalue weighted by atomic mass is 19.4. The van der Waals surface area contributed by atoms with Crippen LogP contribution >= 0.6 is 0 Å². The first kappa shape index (κ1) is 22.5. The molecule has 0 aliphatic carbocycles. The average molecular weight is 430 g/mol. The highest BCUT2D eigenvalue weighted by Crippen LogP contribution is 2.30. The number of hydrogen-bond acceptors (Lipinski definition) is 6. The van der Waals surface area contributed by atoms with Crippen LogP contribution in [-0.4, -0.2) is 28.5 Å². The Hall–Kier alpha value is -3.20. The minimum Gasteiger partial charge on any atom is -0.359 e. The van der Waals surface area contributed by atoms with Crippen LogP contribution in [0, 0.1) is 0 Å². The lowest BCUT2D eigenvalue weighted by molar-refractivity contribution is -0.137. The molecule has 0 aliphatic heterocycles. The van der Waals surface area contributed by atoms with Crippen LogP contribution in [0.5, 0.6) is 0 Å². The van der Waals surface area contributed by atoms with E-state index >= 15 is 0 Å². The van der Waals surface area contributed by atoms with Crippen LogP contribution in [0.2, 0.25) is 0 Å². The van der Waals surface area contributed by atoms with Gasteiger partial charge in [-0.1, -0.05) is 13.0 Å². The molecule has 0 radical (unpaired) electrons. The lowest BCUT2D eigenvalue weighted by Crippen LogP contribution is -2.24. The summed E-state index contributed by atoms with van der Waals surface area (Å²) in [5, 5.41) is 3.12. The largest absolute Gasteiger partial charge is 0.416 e. The molecular formula is C22H25F3N6. The molecule has 3 aromatic rings. The minimum atomic E-state index is -4.36. The molecular weight excluding hydrogens is 405 g/mol. The number of nitrogens with two attached hydrogens (primary N) is 1. The first-order valence-corrected chi connectivity index (χ1v) is 9.95. The zero-order valence-electron chi connectivity index (χ0n) is 17.4. The number of halogens is 3. The third-order valence-corrected chi connectivity index (χ3v) is 5.00. The van der Waals surface area contributed by atoms with Gasteiger partial charge in [-0.3, -0.25) is 0 Å². The topological polar surface area (TPSA) is 80.0 Å². The van der Waals surface area contributed by atoms with Crippen molar-refractivity contribution in [3.8, 4) is 0 Å². The van der Waals surface area contributed by atoms with Gasteiger partial charge < -0.3 is 16.0 Å². The quantitative estimate of drug-likeness (QED) is 0.554. The second-order valence-corrected chi connectivity index (χ2v) is 7.06. The second-order valence-electron chi connectivity index (χ2n) is 7.06. The Kier molecular flexibility index (Phi) is 7.06. The summed E-state index contributed by atoms with van der Waals surface area (Å²) in [4.78, 5) is 15.2. The number of benzene rings is 1. The summed E-state index contributed by atoms with van der Waals surface area (Å²) in [6.07, 6.45) is 0.176. The van der Waals surface area contributed by atoms with Crippen LogP contribution in [0.3, 0.4) is 0 Å². The van der Waals surface area contributed by atoms with E-state index in [1.54, 1.807) is 6.20 Å². The maximum absolute atomic E-state index is 12.8. The molecule has 0 saturated carbocycles. The number of nitrogens with one attached hydrogen (secondary N) is 1. The van der Waals surface area contributed by atoms with E-state index in [-0.39, 0.29) is 0 Å². The van der Waals surface area contributed by atoms with E-state index in [0.29, 0.717) is 37.4 Å². The van der Waals surface area contributed by atoms with Crippen LogP contribution in [0.4, 0.5) is 30.5 Å². The minimum absolute atomic E-state index is 0.405. The maximum atomic E-state index is 12.8. The van der Waals surface area contributed by atoms with Gasteiger partial charge in [-0.25, -0.2) is 15.0 Å². The SMILES string of the molecule is CCc1c(CCN(C)c2ncccc2CN)ncnc1Nc1ccc(C(F)(F)F)cc1. The van der Waals surface area contributed by atoms with Crippen molar-refractivity contribution in [3.05, 3.63) is 71.3 Å². The number of alkyl halides is 3. The van der Waals surface area contributed by atoms with E-state index < -0.39 is 11.7 Å². The molecule has 0 bridgehead atoms. The van der Waals surface area contributed by atoms with Gasteiger partial charge >= 0.3 is 6.18 Å². The Bertz CT molecular complexity index is 1000. The van der Waals surface area contributed by atoms with Gasteiger partial charge in [0.15, 0.2) is 0 Å². The molecule has 1 aromatic carbocycles. The van der Waals surface area contributed by atoms with Crippen molar-refractivity contribution < 1.29 is 13.2 Å². The molecule has 0 atom stereocenters. The van der Waals surface area contributed by atoms with E-state index in [2.05, 4.69) is 20.3 Å². The number of likely N-dealkylation sites (N-methyl/N-ethyl adjacent to an activating group) is 1. The van der Waals surface area contributed by atoms with Gasteiger partial charge in [0.1, 0.15) is 18.0 Å². The molecule has 9 heteroatoms. The Morgan fingerprint density at radius 1 is 1.06 bits per heavy atom. The molecule has 0 aliphatic rings. The van der Waals surface area contributed by atoms with Gasteiger partial charge in [0.05, 0.1) is 11.3 Å². The molecule has 31 heavy (non-hydrogen) atoms. The van der Waals surface area contributed by atoms with Crippen molar-refractivity contribution in [1.82, 2.24) is 15.0 Å². The number of nitrogens with zero attached hydrogens (tertiary/aromatic N) is 4. The van der Waals surface area contributed by atoms with Crippen LogP contribution in [0.15, 0.2) is 48.9 Å². The summed E-state index contributed by atoms with van der Waals surface area (Å²) >= 11 is 0. The molecule has 0 fully saturated rings. The second kappa shape index (κ2) is 9.74. The van der Waals surface area contributed by atoms with Crippen molar-refractivity contribution in [2.75, 3.05) is 23.8 Å². The fraction of sp³-hybridized carbons (Fsp3) is 0.318. The summed E-state index contributed by atoms with van der Waals surface area (Å²) < 4.78 is 38.3. The molecule has 164 valence electrons. The lowest BCUT2D eigenvalue weighted by atomic mass is 10.1. The highest BCUT2D eigenvalue weighted by Gasteiger charge is 2.30. The number of aromatic nitrogens is 3. The number of hydrogen-bond donors (Lipinski definition) is 2. The number of rotatable bonds is 8. The normalized spacial score (nSPS) is 11.4. The van der Waals surface area contributed by atoms with Crippen LogP contribution in [-0.2, 0) is 25.6 Å². The van der Waals surface area contributed by atoms with Gasteiger partial charge in [0.2, 0.25) is 0 Å². The predicted molar refractivity (Wildman–Crippen MR) is 115 cm³/mol. The zero-order chi connectivity index (χ0) is 22.4. The van der Waals surface area contributed by atoms with E-state index in [1.165, 1.54) is 18.5 Å². The Morgan fingerprint density at radius 2 is 1.81 bits per heavy atom. The summed E-state index contributed by atoms with van der Waals surface area (Å²) in [5.74, 6) is 1.43. The number of anilines is 3. The predicted octanol–water partition coefficient (Wildman–Crippen LogP) is 4.33. The molecule has 2 heterocycles. The van der Waals surface area contributed by atoms with Gasteiger partial charge in [-0.05, 0) is 36.8 Å². The first-order valence-electron chi connectivity index (χ1n) is 9.95. The Morgan fingerprint density at radius 3 is 2.45 bits per heavy atom. The van der Waals surface area contributed by atoms with Crippen molar-refractivity contribution in [1.29, 1.82) is 0 Å². The zero-order valence-corrected chi connectivity index (χ0v) is 17.4. The van der Waals surface area contributed by atoms with Crippen molar-refractivity contribution in [3.63, 3.8) is 0 Å². The van der Waals surface area contributed by atoms with Crippen LogP contribution < -0.4 is 16.0 Å². The van der Waals surface area contributed by atoms with E-state index in [0.717, 1.165) is 34.8 Å². The van der Waals surface area contributed by atoms with Gasteiger partial charge in [0.25, 0.3) is 0 Å². The smallest absolute Gasteiger partial charge is 0.359 e. The lowest BCUT2D eigenvalue weighted by Gasteiger charge is -2.21. The summed E-state index contributed by atoms with van der Waals surface area (Å²) in [6, 6.07) is 8.70. The van der Waals surface area contributed by atoms with Crippen molar-refractivity contribution >= 4 is 17.3 Å². The third kappa shape index (κ3) is 5.49. The molecule has 3 rings (SSSR count). The Labute approximate surface area is 179 Å². The number of pyridine rings is 1. The van der Waals surface area contributed by atoms with Crippen LogP contribution in [0.25, 0.3) is 0 Å². The first-order chi connectivity index (χ1) is 14.8.